The third-order valence-corrected chi connectivity index (χ3v) is 3.24. The van der Waals surface area contributed by atoms with Crippen LogP contribution in [0.3, 0.4) is 0 Å². The minimum absolute atomic E-state index is 0.0930. The Kier molecular flexibility index (Phi) is 6.91. The number of rotatable bonds is 8. The Morgan fingerprint density at radius 1 is 1.21 bits per heavy atom. The molecule has 0 fully saturated rings. The second kappa shape index (κ2) is 8.19. The summed E-state index contributed by atoms with van der Waals surface area (Å²) in [6.45, 7) is 6.98. The fourth-order valence-electron chi connectivity index (χ4n) is 2.04. The van der Waals surface area contributed by atoms with Gasteiger partial charge >= 0.3 is 0 Å². The first-order chi connectivity index (χ1) is 9.13. The van der Waals surface area contributed by atoms with Crippen molar-refractivity contribution in [3.8, 4) is 0 Å². The molecule has 0 heterocycles. The van der Waals surface area contributed by atoms with Crippen LogP contribution in [0.4, 0.5) is 8.78 Å². The Balaban J connectivity index is 2.63. The minimum Gasteiger partial charge on any atom is -0.394 e. The van der Waals surface area contributed by atoms with Crippen molar-refractivity contribution in [3.05, 3.63) is 35.4 Å². The standard InChI is InChI=1S/C14H22F2N2O/c1-3-18(4-2)9-8-17-13(10-19)14-11(15)6-5-7-12(14)16/h5-7,13,17,19H,3-4,8-10H2,1-2H3. The molecule has 0 aliphatic rings. The second-order valence-electron chi connectivity index (χ2n) is 4.35. The van der Waals surface area contributed by atoms with E-state index in [0.29, 0.717) is 6.54 Å². The van der Waals surface area contributed by atoms with Crippen LogP contribution in [0.15, 0.2) is 18.2 Å². The van der Waals surface area contributed by atoms with Gasteiger partial charge in [0, 0.05) is 18.7 Å². The number of benzene rings is 1. The third kappa shape index (κ3) is 4.53. The number of nitrogens with zero attached hydrogens (tertiary/aromatic N) is 1. The Bertz CT molecular complexity index is 363. The van der Waals surface area contributed by atoms with E-state index in [9.17, 15) is 13.9 Å². The topological polar surface area (TPSA) is 35.5 Å². The molecule has 0 saturated heterocycles. The van der Waals surface area contributed by atoms with E-state index in [1.165, 1.54) is 18.2 Å². The molecular formula is C14H22F2N2O. The van der Waals surface area contributed by atoms with Crippen LogP contribution in [0.1, 0.15) is 25.5 Å². The molecule has 0 bridgehead atoms. The lowest BCUT2D eigenvalue weighted by Crippen LogP contribution is -2.35. The molecule has 0 radical (unpaired) electrons. The van der Waals surface area contributed by atoms with Crippen LogP contribution in [0.2, 0.25) is 0 Å². The fourth-order valence-corrected chi connectivity index (χ4v) is 2.04. The molecule has 0 aromatic heterocycles. The summed E-state index contributed by atoms with van der Waals surface area (Å²) >= 11 is 0. The number of hydrogen-bond donors (Lipinski definition) is 2. The highest BCUT2D eigenvalue weighted by Gasteiger charge is 2.18. The largest absolute Gasteiger partial charge is 0.394 e. The van der Waals surface area contributed by atoms with E-state index in [2.05, 4.69) is 24.1 Å². The van der Waals surface area contributed by atoms with Crippen LogP contribution in [0.25, 0.3) is 0 Å². The zero-order valence-corrected chi connectivity index (χ0v) is 11.5. The van der Waals surface area contributed by atoms with Crippen molar-refractivity contribution in [2.75, 3.05) is 32.8 Å². The maximum absolute atomic E-state index is 13.6. The van der Waals surface area contributed by atoms with Crippen molar-refractivity contribution in [3.63, 3.8) is 0 Å². The van der Waals surface area contributed by atoms with Crippen molar-refractivity contribution in [2.24, 2.45) is 0 Å². The molecule has 2 N–H and O–H groups in total. The highest BCUT2D eigenvalue weighted by atomic mass is 19.1. The molecular weight excluding hydrogens is 250 g/mol. The lowest BCUT2D eigenvalue weighted by molar-refractivity contribution is 0.227. The van der Waals surface area contributed by atoms with Crippen molar-refractivity contribution in [2.45, 2.75) is 19.9 Å². The van der Waals surface area contributed by atoms with Gasteiger partial charge in [-0.3, -0.25) is 0 Å². The van der Waals surface area contributed by atoms with Crippen LogP contribution in [0, 0.1) is 11.6 Å². The van der Waals surface area contributed by atoms with E-state index < -0.39 is 17.7 Å². The van der Waals surface area contributed by atoms with Gasteiger partial charge in [0.2, 0.25) is 0 Å². The fraction of sp³-hybridized carbons (Fsp3) is 0.571. The van der Waals surface area contributed by atoms with Gasteiger partial charge in [0.05, 0.1) is 12.6 Å². The van der Waals surface area contributed by atoms with Gasteiger partial charge in [0.1, 0.15) is 11.6 Å². The maximum atomic E-state index is 13.6. The van der Waals surface area contributed by atoms with Crippen molar-refractivity contribution >= 4 is 0 Å². The van der Waals surface area contributed by atoms with E-state index in [1.54, 1.807) is 0 Å². The van der Waals surface area contributed by atoms with Crippen molar-refractivity contribution in [1.29, 1.82) is 0 Å². The summed E-state index contributed by atoms with van der Waals surface area (Å²) in [5.74, 6) is -1.26. The Labute approximate surface area is 113 Å². The molecule has 1 atom stereocenters. The quantitative estimate of drug-likeness (QED) is 0.759. The number of likely N-dealkylation sites (N-methyl/N-ethyl adjacent to an activating group) is 1. The van der Waals surface area contributed by atoms with Gasteiger partial charge in [-0.05, 0) is 25.2 Å². The number of aliphatic hydroxyl groups is 1. The monoisotopic (exact) mass is 272 g/mol. The average molecular weight is 272 g/mol. The number of halogens is 2. The average Bonchev–Trinajstić information content (AvgIpc) is 2.41. The number of aliphatic hydroxyl groups excluding tert-OH is 1. The summed E-state index contributed by atoms with van der Waals surface area (Å²) in [5, 5.41) is 12.3. The summed E-state index contributed by atoms with van der Waals surface area (Å²) < 4.78 is 27.2. The number of hydrogen-bond acceptors (Lipinski definition) is 3. The third-order valence-electron chi connectivity index (χ3n) is 3.24. The highest BCUT2D eigenvalue weighted by Crippen LogP contribution is 2.20. The minimum atomic E-state index is -0.711. The lowest BCUT2D eigenvalue weighted by Gasteiger charge is -2.22. The zero-order chi connectivity index (χ0) is 14.3. The molecule has 0 saturated carbocycles. The Morgan fingerprint density at radius 2 is 1.79 bits per heavy atom. The van der Waals surface area contributed by atoms with Crippen molar-refractivity contribution < 1.29 is 13.9 Å². The summed E-state index contributed by atoms with van der Waals surface area (Å²) in [5.41, 5.74) is -0.0930. The van der Waals surface area contributed by atoms with Gasteiger partial charge < -0.3 is 15.3 Å². The summed E-state index contributed by atoms with van der Waals surface area (Å²) in [4.78, 5) is 2.19. The molecule has 1 unspecified atom stereocenters. The molecule has 0 aliphatic carbocycles. The highest BCUT2D eigenvalue weighted by molar-refractivity contribution is 5.23. The van der Waals surface area contributed by atoms with E-state index >= 15 is 0 Å². The molecule has 1 aromatic rings. The van der Waals surface area contributed by atoms with Gasteiger partial charge in [-0.2, -0.15) is 0 Å². The molecule has 0 spiro atoms. The van der Waals surface area contributed by atoms with Crippen LogP contribution in [-0.4, -0.2) is 42.8 Å². The first-order valence-corrected chi connectivity index (χ1v) is 6.64. The summed E-state index contributed by atoms with van der Waals surface area (Å²) in [7, 11) is 0. The van der Waals surface area contributed by atoms with Crippen LogP contribution in [-0.2, 0) is 0 Å². The van der Waals surface area contributed by atoms with E-state index in [0.717, 1.165) is 19.6 Å². The van der Waals surface area contributed by atoms with Gasteiger partial charge in [0.25, 0.3) is 0 Å². The van der Waals surface area contributed by atoms with E-state index in [1.807, 2.05) is 0 Å². The molecule has 3 nitrogen and oxygen atoms in total. The molecule has 1 aromatic carbocycles. The van der Waals surface area contributed by atoms with Crippen LogP contribution in [0.5, 0.6) is 0 Å². The Morgan fingerprint density at radius 3 is 2.26 bits per heavy atom. The van der Waals surface area contributed by atoms with Crippen LogP contribution >= 0.6 is 0 Å². The second-order valence-corrected chi connectivity index (χ2v) is 4.35. The lowest BCUT2D eigenvalue weighted by atomic mass is 10.1. The molecule has 5 heteroatoms. The Hall–Kier alpha value is -1.04. The number of nitrogens with one attached hydrogen (secondary N) is 1. The molecule has 108 valence electrons. The van der Waals surface area contributed by atoms with E-state index in [-0.39, 0.29) is 12.2 Å². The molecule has 19 heavy (non-hydrogen) atoms. The summed E-state index contributed by atoms with van der Waals surface area (Å²) in [6.07, 6.45) is 0. The zero-order valence-electron chi connectivity index (χ0n) is 11.5. The van der Waals surface area contributed by atoms with Crippen molar-refractivity contribution in [1.82, 2.24) is 10.2 Å². The molecule has 0 aliphatic heterocycles. The van der Waals surface area contributed by atoms with Gasteiger partial charge in [-0.15, -0.1) is 0 Å². The smallest absolute Gasteiger partial charge is 0.131 e. The van der Waals surface area contributed by atoms with E-state index in [4.69, 9.17) is 0 Å². The van der Waals surface area contributed by atoms with Gasteiger partial charge in [-0.25, -0.2) is 8.78 Å². The first-order valence-electron chi connectivity index (χ1n) is 6.64. The molecule has 1 rings (SSSR count). The predicted molar refractivity (Wildman–Crippen MR) is 72.0 cm³/mol. The normalized spacial score (nSPS) is 12.9. The van der Waals surface area contributed by atoms with Gasteiger partial charge in [0.15, 0.2) is 0 Å². The first kappa shape index (κ1) is 16.0. The van der Waals surface area contributed by atoms with Gasteiger partial charge in [-0.1, -0.05) is 19.9 Å². The maximum Gasteiger partial charge on any atom is 0.131 e. The molecule has 0 amide bonds. The summed E-state index contributed by atoms with van der Waals surface area (Å²) in [6, 6.07) is 3.01. The SMILES string of the molecule is CCN(CC)CCNC(CO)c1c(F)cccc1F. The predicted octanol–water partition coefficient (Wildman–Crippen LogP) is 1.93. The van der Waals surface area contributed by atoms with Crippen LogP contribution < -0.4 is 5.32 Å².